The van der Waals surface area contributed by atoms with E-state index in [-0.39, 0.29) is 10.2 Å². The maximum absolute atomic E-state index is 12.5. The van der Waals surface area contributed by atoms with E-state index >= 15 is 0 Å². The Hall–Kier alpha value is -1.38. The van der Waals surface area contributed by atoms with E-state index in [0.29, 0.717) is 17.1 Å². The van der Waals surface area contributed by atoms with Crippen molar-refractivity contribution in [2.24, 2.45) is 0 Å². The highest BCUT2D eigenvalue weighted by Gasteiger charge is 2.40. The van der Waals surface area contributed by atoms with Gasteiger partial charge in [0.25, 0.3) is 5.91 Å². The molecule has 1 fully saturated rings. The third-order valence-corrected chi connectivity index (χ3v) is 4.97. The normalized spacial score (nSPS) is 18.0. The van der Waals surface area contributed by atoms with E-state index in [0.717, 1.165) is 17.3 Å². The number of aliphatic carboxylic acids is 1. The Bertz CT molecular complexity index is 619. The van der Waals surface area contributed by atoms with Gasteiger partial charge in [-0.2, -0.15) is 11.8 Å². The monoisotopic (exact) mass is 354 g/mol. The number of nitrogens with zero attached hydrogens (tertiary/aromatic N) is 2. The van der Waals surface area contributed by atoms with Crippen LogP contribution in [0.15, 0.2) is 29.4 Å². The van der Waals surface area contributed by atoms with Gasteiger partial charge in [-0.15, -0.1) is 0 Å². The van der Waals surface area contributed by atoms with Crippen molar-refractivity contribution < 1.29 is 14.7 Å². The number of aromatic nitrogens is 1. The zero-order valence-electron chi connectivity index (χ0n) is 11.8. The molecule has 5 nitrogen and oxygen atoms in total. The Morgan fingerprint density at radius 1 is 1.64 bits per heavy atom. The molecule has 0 bridgehead atoms. The van der Waals surface area contributed by atoms with E-state index in [2.05, 4.69) is 4.98 Å². The molecule has 0 spiro atoms. The molecule has 1 amide bonds. The number of rotatable bonds is 6. The summed E-state index contributed by atoms with van der Waals surface area (Å²) in [5, 5.41) is 9.37. The number of carboxylic acid groups (broad SMARTS) is 1. The third-order valence-electron chi connectivity index (χ3n) is 3.00. The maximum atomic E-state index is 12.5. The number of carbonyl (C=O) groups excluding carboxylic acids is 1. The second kappa shape index (κ2) is 7.75. The number of pyridine rings is 1. The van der Waals surface area contributed by atoms with Crippen LogP contribution in [0, 0.1) is 0 Å². The largest absolute Gasteiger partial charge is 0.480 e. The Labute approximate surface area is 142 Å². The number of thioether (sulfide) groups is 2. The molecule has 0 radical (unpaired) electrons. The predicted molar refractivity (Wildman–Crippen MR) is 93.7 cm³/mol. The third kappa shape index (κ3) is 3.88. The number of carboxylic acids is 1. The lowest BCUT2D eigenvalue weighted by atomic mass is 10.2. The van der Waals surface area contributed by atoms with Crippen molar-refractivity contribution in [2.75, 3.05) is 12.0 Å². The van der Waals surface area contributed by atoms with Gasteiger partial charge in [0.15, 0.2) is 0 Å². The topological polar surface area (TPSA) is 70.5 Å². The first kappa shape index (κ1) is 17.0. The van der Waals surface area contributed by atoms with Crippen LogP contribution >= 0.6 is 35.7 Å². The summed E-state index contributed by atoms with van der Waals surface area (Å²) < 4.78 is 0.286. The minimum Gasteiger partial charge on any atom is -0.480 e. The van der Waals surface area contributed by atoms with Crippen LogP contribution in [0.1, 0.15) is 12.0 Å². The maximum Gasteiger partial charge on any atom is 0.326 e. The lowest BCUT2D eigenvalue weighted by Gasteiger charge is -2.22. The lowest BCUT2D eigenvalue weighted by molar-refractivity contribution is -0.145. The van der Waals surface area contributed by atoms with Gasteiger partial charge < -0.3 is 5.11 Å². The first-order valence-electron chi connectivity index (χ1n) is 6.43. The van der Waals surface area contributed by atoms with Gasteiger partial charge in [-0.05, 0) is 36.1 Å². The van der Waals surface area contributed by atoms with Gasteiger partial charge in [0, 0.05) is 12.4 Å². The minimum absolute atomic E-state index is 0.286. The van der Waals surface area contributed by atoms with Crippen LogP contribution in [0.3, 0.4) is 0 Å². The van der Waals surface area contributed by atoms with E-state index in [1.54, 1.807) is 24.5 Å². The highest BCUT2D eigenvalue weighted by molar-refractivity contribution is 8.26. The Kier molecular flexibility index (Phi) is 5.98. The summed E-state index contributed by atoms with van der Waals surface area (Å²) >= 11 is 7.86. The molecule has 0 aromatic carbocycles. The standard InChI is InChI=1S/C14H14N2O3S3/c1-21-6-4-10(13(18)19)16-12(17)11(22-14(16)20)7-9-3-2-5-15-8-9/h2-3,5,7-8,10H,4,6H2,1H3,(H,18,19)/b11-7-/t10-/m0/s1. The summed E-state index contributed by atoms with van der Waals surface area (Å²) in [5.74, 6) is -0.740. The molecular weight excluding hydrogens is 340 g/mol. The fourth-order valence-corrected chi connectivity index (χ4v) is 3.77. The van der Waals surface area contributed by atoms with Crippen molar-refractivity contribution >= 4 is 58.0 Å². The average Bonchev–Trinajstić information content (AvgIpc) is 2.76. The Morgan fingerprint density at radius 2 is 2.41 bits per heavy atom. The summed E-state index contributed by atoms with van der Waals surface area (Å²) in [6, 6.07) is 2.67. The predicted octanol–water partition coefficient (Wildman–Crippen LogP) is 2.49. The van der Waals surface area contributed by atoms with Crippen molar-refractivity contribution in [1.29, 1.82) is 0 Å². The lowest BCUT2D eigenvalue weighted by Crippen LogP contribution is -2.44. The summed E-state index contributed by atoms with van der Waals surface area (Å²) in [5.41, 5.74) is 0.777. The van der Waals surface area contributed by atoms with Crippen LogP contribution in [0.4, 0.5) is 0 Å². The average molecular weight is 354 g/mol. The molecular formula is C14H14N2O3S3. The highest BCUT2D eigenvalue weighted by atomic mass is 32.2. The second-order valence-corrected chi connectivity index (χ2v) is 7.13. The summed E-state index contributed by atoms with van der Waals surface area (Å²) in [4.78, 5) is 29.6. The molecule has 1 saturated heterocycles. The van der Waals surface area contributed by atoms with Gasteiger partial charge >= 0.3 is 5.97 Å². The van der Waals surface area contributed by atoms with Crippen LogP contribution in [-0.4, -0.2) is 49.2 Å². The minimum atomic E-state index is -1.03. The molecule has 0 aliphatic carbocycles. The molecule has 1 aliphatic rings. The molecule has 0 unspecified atom stereocenters. The SMILES string of the molecule is CSCC[C@@H](C(=O)O)N1C(=O)/C(=C/c2cccnc2)SC1=S. The van der Waals surface area contributed by atoms with Crippen LogP contribution in [0.25, 0.3) is 6.08 Å². The van der Waals surface area contributed by atoms with Gasteiger partial charge in [-0.1, -0.05) is 30.0 Å². The summed E-state index contributed by atoms with van der Waals surface area (Å²) in [7, 11) is 0. The van der Waals surface area contributed by atoms with Crippen LogP contribution in [0.5, 0.6) is 0 Å². The van der Waals surface area contributed by atoms with Crippen molar-refractivity contribution in [3.63, 3.8) is 0 Å². The van der Waals surface area contributed by atoms with Crippen molar-refractivity contribution in [3.8, 4) is 0 Å². The molecule has 2 heterocycles. The van der Waals surface area contributed by atoms with Gasteiger partial charge in [-0.25, -0.2) is 4.79 Å². The van der Waals surface area contributed by atoms with Gasteiger partial charge in [0.2, 0.25) is 0 Å². The van der Waals surface area contributed by atoms with Crippen molar-refractivity contribution in [3.05, 3.63) is 35.0 Å². The van der Waals surface area contributed by atoms with E-state index in [1.807, 2.05) is 12.3 Å². The molecule has 116 valence electrons. The molecule has 1 aromatic rings. The molecule has 1 atom stereocenters. The Morgan fingerprint density at radius 3 is 3.00 bits per heavy atom. The van der Waals surface area contributed by atoms with E-state index in [4.69, 9.17) is 12.2 Å². The van der Waals surface area contributed by atoms with Gasteiger partial charge in [0.05, 0.1) is 4.91 Å². The molecule has 1 aliphatic heterocycles. The van der Waals surface area contributed by atoms with Crippen molar-refractivity contribution in [2.45, 2.75) is 12.5 Å². The zero-order valence-corrected chi connectivity index (χ0v) is 14.2. The summed E-state index contributed by atoms with van der Waals surface area (Å²) in [6.45, 7) is 0. The number of hydrogen-bond acceptors (Lipinski definition) is 6. The van der Waals surface area contributed by atoms with E-state index in [1.165, 1.54) is 16.7 Å². The first-order valence-corrected chi connectivity index (χ1v) is 9.05. The zero-order chi connectivity index (χ0) is 16.1. The number of hydrogen-bond donors (Lipinski definition) is 1. The summed E-state index contributed by atoms with van der Waals surface area (Å²) in [6.07, 6.45) is 7.22. The van der Waals surface area contributed by atoms with Crippen LogP contribution < -0.4 is 0 Å². The molecule has 8 heteroatoms. The molecule has 1 aromatic heterocycles. The number of amides is 1. The number of carbonyl (C=O) groups is 2. The molecule has 2 rings (SSSR count). The van der Waals surface area contributed by atoms with Gasteiger partial charge in [0.1, 0.15) is 10.4 Å². The molecule has 0 saturated carbocycles. The smallest absolute Gasteiger partial charge is 0.326 e. The number of thiocarbonyl (C=S) groups is 1. The van der Waals surface area contributed by atoms with E-state index in [9.17, 15) is 14.7 Å². The van der Waals surface area contributed by atoms with Crippen LogP contribution in [0.2, 0.25) is 0 Å². The first-order chi connectivity index (χ1) is 10.5. The van der Waals surface area contributed by atoms with Crippen LogP contribution in [-0.2, 0) is 9.59 Å². The second-order valence-electron chi connectivity index (χ2n) is 4.47. The quantitative estimate of drug-likeness (QED) is 0.621. The van der Waals surface area contributed by atoms with Crippen molar-refractivity contribution in [1.82, 2.24) is 9.88 Å². The van der Waals surface area contributed by atoms with Gasteiger partial charge in [-0.3, -0.25) is 14.7 Å². The molecule has 1 N–H and O–H groups in total. The molecule has 22 heavy (non-hydrogen) atoms. The van der Waals surface area contributed by atoms with E-state index < -0.39 is 12.0 Å². The fraction of sp³-hybridized carbons (Fsp3) is 0.286. The Balaban J connectivity index is 2.24. The fourth-order valence-electron chi connectivity index (χ4n) is 1.95. The highest BCUT2D eigenvalue weighted by Crippen LogP contribution is 2.34.